The van der Waals surface area contributed by atoms with Crippen molar-refractivity contribution in [3.63, 3.8) is 0 Å². The molecule has 4 rings (SSSR count). The minimum atomic E-state index is -0.656. The third-order valence-electron chi connectivity index (χ3n) is 5.73. The molecule has 4 atom stereocenters. The van der Waals surface area contributed by atoms with Crippen LogP contribution in [0.2, 0.25) is 0 Å². The number of fused-ring (bicyclic) bond motifs is 3. The fraction of sp³-hybridized carbons (Fsp3) is 0.542. The van der Waals surface area contributed by atoms with Crippen LogP contribution in [0.5, 0.6) is 0 Å². The van der Waals surface area contributed by atoms with E-state index in [1.165, 1.54) is 0 Å². The molecule has 0 amide bonds. The lowest BCUT2D eigenvalue weighted by Gasteiger charge is -2.35. The number of ether oxygens (including phenoxy) is 2. The van der Waals surface area contributed by atoms with Gasteiger partial charge in [-0.15, -0.1) is 0 Å². The smallest absolute Gasteiger partial charge is 0.336 e. The first kappa shape index (κ1) is 21.4. The molecule has 29 heavy (non-hydrogen) atoms. The maximum atomic E-state index is 12.2. The van der Waals surface area contributed by atoms with E-state index < -0.39 is 6.10 Å². The highest BCUT2D eigenvalue weighted by Gasteiger charge is 2.40. The van der Waals surface area contributed by atoms with Crippen LogP contribution in [-0.2, 0) is 22.3 Å². The second kappa shape index (κ2) is 8.62. The van der Waals surface area contributed by atoms with Gasteiger partial charge in [0.15, 0.2) is 0 Å². The SMILES string of the molecule is CC.CCCc1cc(=O)oc2c1C1=C(C=CC(C)O1)C1=C(C2)C(O)[C@H](C)C(C)O1. The number of allylic oxidation sites excluding steroid dienone is 1. The quantitative estimate of drug-likeness (QED) is 0.790. The number of hydrogen-bond donors (Lipinski definition) is 1. The van der Waals surface area contributed by atoms with Crippen LogP contribution in [0.25, 0.3) is 5.76 Å². The van der Waals surface area contributed by atoms with Crippen molar-refractivity contribution in [2.24, 2.45) is 5.92 Å². The van der Waals surface area contributed by atoms with E-state index in [1.807, 2.05) is 46.8 Å². The molecule has 5 nitrogen and oxygen atoms in total. The fourth-order valence-corrected chi connectivity index (χ4v) is 4.10. The van der Waals surface area contributed by atoms with Crippen LogP contribution in [0, 0.1) is 5.92 Å². The number of aliphatic hydroxyl groups is 1. The molecule has 0 fully saturated rings. The summed E-state index contributed by atoms with van der Waals surface area (Å²) in [6.07, 6.45) is 5.12. The van der Waals surface area contributed by atoms with Crippen LogP contribution in [0.15, 0.2) is 44.3 Å². The maximum absolute atomic E-state index is 12.2. The molecule has 3 heterocycles. The Bertz CT molecular complexity index is 918. The molecule has 1 N–H and O–H groups in total. The van der Waals surface area contributed by atoms with Gasteiger partial charge in [0.25, 0.3) is 0 Å². The molecule has 158 valence electrons. The number of aliphatic hydroxyl groups excluding tert-OH is 1. The predicted molar refractivity (Wildman–Crippen MR) is 113 cm³/mol. The molecule has 1 aliphatic carbocycles. The zero-order valence-electron chi connectivity index (χ0n) is 18.2. The summed E-state index contributed by atoms with van der Waals surface area (Å²) in [5, 5.41) is 10.9. The topological polar surface area (TPSA) is 68.9 Å². The van der Waals surface area contributed by atoms with E-state index in [-0.39, 0.29) is 23.8 Å². The maximum Gasteiger partial charge on any atom is 0.336 e. The summed E-state index contributed by atoms with van der Waals surface area (Å²) in [5.41, 5.74) is 2.98. The minimum Gasteiger partial charge on any atom is -0.489 e. The van der Waals surface area contributed by atoms with E-state index >= 15 is 0 Å². The summed E-state index contributed by atoms with van der Waals surface area (Å²) in [6.45, 7) is 12.0. The van der Waals surface area contributed by atoms with Gasteiger partial charge in [-0.3, -0.25) is 0 Å². The first-order valence-electron chi connectivity index (χ1n) is 10.7. The molecule has 5 heteroatoms. The van der Waals surface area contributed by atoms with Crippen LogP contribution < -0.4 is 5.63 Å². The summed E-state index contributed by atoms with van der Waals surface area (Å²) in [6, 6.07) is 1.56. The third kappa shape index (κ3) is 3.80. The monoisotopic (exact) mass is 400 g/mol. The van der Waals surface area contributed by atoms with Crippen LogP contribution in [0.3, 0.4) is 0 Å². The molecule has 1 aromatic heterocycles. The van der Waals surface area contributed by atoms with Crippen molar-refractivity contribution in [1.29, 1.82) is 0 Å². The van der Waals surface area contributed by atoms with Gasteiger partial charge in [0.05, 0.1) is 17.2 Å². The second-order valence-corrected chi connectivity index (χ2v) is 7.72. The fourth-order valence-electron chi connectivity index (χ4n) is 4.10. The Kier molecular flexibility index (Phi) is 6.37. The van der Waals surface area contributed by atoms with Crippen molar-refractivity contribution >= 4 is 5.76 Å². The van der Waals surface area contributed by atoms with E-state index in [1.54, 1.807) is 6.07 Å². The Labute approximate surface area is 172 Å². The zero-order chi connectivity index (χ0) is 21.3. The standard InChI is InChI=1S/C22H26O5.C2H6/c1-5-6-14-9-18(23)27-17-10-16-20(24)12(3)13(4)26-21(16)15-8-7-11(2)25-22(15)19(14)17;1-2/h7-9,11-13,20,24H,5-6,10H2,1-4H3;1-2H3/t11?,12-,13?,20?;/m1./s1. The molecular formula is C24H32O5. The number of rotatable bonds is 2. The average molecular weight is 401 g/mol. The average Bonchev–Trinajstić information content (AvgIpc) is 2.82. The summed E-state index contributed by atoms with van der Waals surface area (Å²) in [4.78, 5) is 12.2. The molecule has 0 spiro atoms. The molecule has 1 aromatic rings. The largest absolute Gasteiger partial charge is 0.489 e. The first-order valence-corrected chi connectivity index (χ1v) is 10.7. The van der Waals surface area contributed by atoms with E-state index in [0.717, 1.165) is 35.1 Å². The van der Waals surface area contributed by atoms with Gasteiger partial charge in [-0.1, -0.05) is 34.1 Å². The van der Waals surface area contributed by atoms with E-state index in [9.17, 15) is 9.90 Å². The van der Waals surface area contributed by atoms with Gasteiger partial charge in [-0.25, -0.2) is 4.79 Å². The summed E-state index contributed by atoms with van der Waals surface area (Å²) in [7, 11) is 0. The lowest BCUT2D eigenvalue weighted by molar-refractivity contribution is -0.000905. The van der Waals surface area contributed by atoms with Crippen LogP contribution >= 0.6 is 0 Å². The molecular weight excluding hydrogens is 368 g/mol. The van der Waals surface area contributed by atoms with Crippen molar-refractivity contribution in [3.8, 4) is 0 Å². The normalized spacial score (nSPS) is 27.6. The third-order valence-corrected chi connectivity index (χ3v) is 5.73. The van der Waals surface area contributed by atoms with Crippen molar-refractivity contribution in [1.82, 2.24) is 0 Å². The van der Waals surface area contributed by atoms with Crippen LogP contribution in [0.1, 0.15) is 64.9 Å². The molecule has 0 radical (unpaired) electrons. The summed E-state index contributed by atoms with van der Waals surface area (Å²) in [5.74, 6) is 1.85. The Morgan fingerprint density at radius 3 is 2.55 bits per heavy atom. The van der Waals surface area contributed by atoms with E-state index in [0.29, 0.717) is 23.7 Å². The predicted octanol–water partition coefficient (Wildman–Crippen LogP) is 4.53. The Balaban J connectivity index is 0.00000117. The molecule has 0 saturated carbocycles. The van der Waals surface area contributed by atoms with Crippen molar-refractivity contribution in [2.75, 3.05) is 0 Å². The van der Waals surface area contributed by atoms with Gasteiger partial charge in [0, 0.05) is 24.0 Å². The van der Waals surface area contributed by atoms with Crippen molar-refractivity contribution < 1.29 is 19.0 Å². The lowest BCUT2D eigenvalue weighted by atomic mass is 9.86. The minimum absolute atomic E-state index is 0.0488. The van der Waals surface area contributed by atoms with Gasteiger partial charge < -0.3 is 19.0 Å². The Morgan fingerprint density at radius 1 is 1.14 bits per heavy atom. The van der Waals surface area contributed by atoms with Gasteiger partial charge in [0.1, 0.15) is 29.5 Å². The van der Waals surface area contributed by atoms with Gasteiger partial charge in [-0.2, -0.15) is 0 Å². The van der Waals surface area contributed by atoms with Crippen molar-refractivity contribution in [3.05, 3.63) is 62.4 Å². The molecule has 3 aliphatic rings. The summed E-state index contributed by atoms with van der Waals surface area (Å²) < 4.78 is 18.1. The highest BCUT2D eigenvalue weighted by molar-refractivity contribution is 5.76. The second-order valence-electron chi connectivity index (χ2n) is 7.72. The van der Waals surface area contributed by atoms with Gasteiger partial charge >= 0.3 is 5.63 Å². The van der Waals surface area contributed by atoms with Gasteiger partial charge in [0.2, 0.25) is 0 Å². The van der Waals surface area contributed by atoms with E-state index in [2.05, 4.69) is 6.92 Å². The molecule has 2 aliphatic heterocycles. The Morgan fingerprint density at radius 2 is 1.86 bits per heavy atom. The highest BCUT2D eigenvalue weighted by atomic mass is 16.5. The molecule has 0 bridgehead atoms. The molecule has 0 saturated heterocycles. The van der Waals surface area contributed by atoms with Crippen LogP contribution in [0.4, 0.5) is 0 Å². The molecule has 0 aromatic carbocycles. The number of hydrogen-bond acceptors (Lipinski definition) is 5. The first-order chi connectivity index (χ1) is 13.9. The Hall–Kier alpha value is -2.27. The highest BCUT2D eigenvalue weighted by Crippen LogP contribution is 2.44. The van der Waals surface area contributed by atoms with Gasteiger partial charge in [-0.05, 0) is 38.0 Å². The molecule has 3 unspecified atom stereocenters. The van der Waals surface area contributed by atoms with Crippen molar-refractivity contribution in [2.45, 2.75) is 79.1 Å². The van der Waals surface area contributed by atoms with E-state index in [4.69, 9.17) is 13.9 Å². The van der Waals surface area contributed by atoms with Crippen LogP contribution in [-0.4, -0.2) is 23.4 Å². The number of aryl methyl sites for hydroxylation is 1. The summed E-state index contributed by atoms with van der Waals surface area (Å²) >= 11 is 0. The zero-order valence-corrected chi connectivity index (χ0v) is 18.2. The lowest BCUT2D eigenvalue weighted by Crippen LogP contribution is -2.37.